The van der Waals surface area contributed by atoms with Gasteiger partial charge < -0.3 is 10.2 Å². The Morgan fingerprint density at radius 2 is 1.63 bits per heavy atom. The first kappa shape index (κ1) is 32.2. The van der Waals surface area contributed by atoms with Gasteiger partial charge in [-0.1, -0.05) is 86.1 Å². The van der Waals surface area contributed by atoms with Gasteiger partial charge in [0.2, 0.25) is 21.8 Å². The van der Waals surface area contributed by atoms with Crippen molar-refractivity contribution in [1.82, 2.24) is 10.2 Å². The lowest BCUT2D eigenvalue weighted by Gasteiger charge is -2.32. The predicted octanol–water partition coefficient (Wildman–Crippen LogP) is 5.61. The zero-order valence-corrected chi connectivity index (χ0v) is 25.8. The van der Waals surface area contributed by atoms with Gasteiger partial charge in [0.25, 0.3) is 0 Å². The standard InChI is InChI=1S/C32H40ClN3O4S/c1-24(2)22-34-32(38)30(20-26-13-6-5-7-14-26)35(23-27-15-9-8-12-25(27)3)31(37)18-11-19-36(41(4,39)40)29-17-10-16-28(33)21-29/h5-10,12-17,21,24,30H,11,18-20,22-23H2,1-4H3,(H,34,38). The maximum Gasteiger partial charge on any atom is 0.243 e. The number of carbonyl (C=O) groups excluding carboxylic acids is 2. The highest BCUT2D eigenvalue weighted by molar-refractivity contribution is 7.92. The van der Waals surface area contributed by atoms with Crippen LogP contribution in [0.1, 0.15) is 43.4 Å². The number of sulfonamides is 1. The van der Waals surface area contributed by atoms with E-state index in [1.54, 1.807) is 29.2 Å². The molecular formula is C32H40ClN3O4S. The summed E-state index contributed by atoms with van der Waals surface area (Å²) in [6.07, 6.45) is 1.84. The number of halogens is 1. The van der Waals surface area contributed by atoms with Gasteiger partial charge >= 0.3 is 0 Å². The molecular weight excluding hydrogens is 558 g/mol. The van der Waals surface area contributed by atoms with Crippen molar-refractivity contribution >= 4 is 39.1 Å². The first-order chi connectivity index (χ1) is 19.5. The van der Waals surface area contributed by atoms with Crippen molar-refractivity contribution in [2.75, 3.05) is 23.7 Å². The van der Waals surface area contributed by atoms with Crippen LogP contribution in [-0.2, 0) is 32.6 Å². The number of anilines is 1. The molecule has 220 valence electrons. The highest BCUT2D eigenvalue weighted by Gasteiger charge is 2.31. The van der Waals surface area contributed by atoms with E-state index in [0.29, 0.717) is 23.7 Å². The van der Waals surface area contributed by atoms with E-state index < -0.39 is 16.1 Å². The number of carbonyl (C=O) groups is 2. The van der Waals surface area contributed by atoms with Gasteiger partial charge in [0, 0.05) is 37.5 Å². The van der Waals surface area contributed by atoms with Crippen LogP contribution in [0.3, 0.4) is 0 Å². The molecule has 3 aromatic rings. The molecule has 3 rings (SSSR count). The Morgan fingerprint density at radius 1 is 0.951 bits per heavy atom. The highest BCUT2D eigenvalue weighted by Crippen LogP contribution is 2.23. The predicted molar refractivity (Wildman–Crippen MR) is 166 cm³/mol. The fourth-order valence-electron chi connectivity index (χ4n) is 4.58. The second-order valence-electron chi connectivity index (χ2n) is 10.7. The number of hydrogen-bond donors (Lipinski definition) is 1. The van der Waals surface area contributed by atoms with Crippen LogP contribution < -0.4 is 9.62 Å². The summed E-state index contributed by atoms with van der Waals surface area (Å²) in [6, 6.07) is 23.4. The third-order valence-corrected chi connectivity index (χ3v) is 8.24. The Balaban J connectivity index is 1.89. The summed E-state index contributed by atoms with van der Waals surface area (Å²) in [5.41, 5.74) is 3.37. The van der Waals surface area contributed by atoms with Crippen LogP contribution >= 0.6 is 11.6 Å². The van der Waals surface area contributed by atoms with Crippen LogP contribution in [0.4, 0.5) is 5.69 Å². The number of aryl methyl sites for hydroxylation is 1. The van der Waals surface area contributed by atoms with Crippen LogP contribution in [0.5, 0.6) is 0 Å². The first-order valence-corrected chi connectivity index (χ1v) is 16.1. The number of rotatable bonds is 14. The molecule has 0 radical (unpaired) electrons. The molecule has 0 heterocycles. The molecule has 9 heteroatoms. The highest BCUT2D eigenvalue weighted by atomic mass is 35.5. The Kier molecular flexibility index (Phi) is 11.8. The number of benzene rings is 3. The summed E-state index contributed by atoms with van der Waals surface area (Å²) < 4.78 is 26.4. The topological polar surface area (TPSA) is 86.8 Å². The van der Waals surface area contributed by atoms with E-state index in [-0.39, 0.29) is 43.7 Å². The molecule has 2 amide bonds. The third kappa shape index (κ3) is 9.90. The van der Waals surface area contributed by atoms with E-state index >= 15 is 0 Å². The maximum absolute atomic E-state index is 13.9. The van der Waals surface area contributed by atoms with Gasteiger partial charge in [-0.25, -0.2) is 8.42 Å². The molecule has 0 aliphatic heterocycles. The molecule has 1 unspecified atom stereocenters. The average molecular weight is 598 g/mol. The minimum absolute atomic E-state index is 0.0707. The third-order valence-electron chi connectivity index (χ3n) is 6.81. The zero-order chi connectivity index (χ0) is 30.0. The van der Waals surface area contributed by atoms with E-state index in [1.165, 1.54) is 4.31 Å². The van der Waals surface area contributed by atoms with Gasteiger partial charge in [0.1, 0.15) is 6.04 Å². The largest absolute Gasteiger partial charge is 0.354 e. The van der Waals surface area contributed by atoms with Crippen molar-refractivity contribution in [3.8, 4) is 0 Å². The second kappa shape index (κ2) is 15.0. The number of nitrogens with zero attached hydrogens (tertiary/aromatic N) is 2. The van der Waals surface area contributed by atoms with Crippen molar-refractivity contribution in [3.05, 3.63) is 101 Å². The molecule has 7 nitrogen and oxygen atoms in total. The van der Waals surface area contributed by atoms with Crippen LogP contribution in [0.25, 0.3) is 0 Å². The molecule has 0 aromatic heterocycles. The zero-order valence-electron chi connectivity index (χ0n) is 24.2. The van der Waals surface area contributed by atoms with E-state index in [0.717, 1.165) is 22.9 Å². The second-order valence-corrected chi connectivity index (χ2v) is 13.1. The van der Waals surface area contributed by atoms with Crippen molar-refractivity contribution in [2.24, 2.45) is 5.92 Å². The van der Waals surface area contributed by atoms with Gasteiger partial charge in [0.15, 0.2) is 0 Å². The molecule has 1 atom stereocenters. The van der Waals surface area contributed by atoms with Crippen molar-refractivity contribution < 1.29 is 18.0 Å². The van der Waals surface area contributed by atoms with Gasteiger partial charge in [-0.3, -0.25) is 13.9 Å². The Morgan fingerprint density at radius 3 is 2.27 bits per heavy atom. The van der Waals surface area contributed by atoms with Gasteiger partial charge in [0.05, 0.1) is 11.9 Å². The number of hydrogen-bond acceptors (Lipinski definition) is 4. The lowest BCUT2D eigenvalue weighted by Crippen LogP contribution is -2.51. The monoisotopic (exact) mass is 597 g/mol. The molecule has 0 bridgehead atoms. The van der Waals surface area contributed by atoms with Crippen molar-refractivity contribution in [3.63, 3.8) is 0 Å². The maximum atomic E-state index is 13.9. The van der Waals surface area contributed by atoms with E-state index in [4.69, 9.17) is 11.6 Å². The smallest absolute Gasteiger partial charge is 0.243 e. The summed E-state index contributed by atoms with van der Waals surface area (Å²) in [4.78, 5) is 29.2. The van der Waals surface area contributed by atoms with Crippen LogP contribution in [0.2, 0.25) is 5.02 Å². The minimum atomic E-state index is -3.61. The molecule has 0 saturated heterocycles. The minimum Gasteiger partial charge on any atom is -0.354 e. The first-order valence-electron chi connectivity index (χ1n) is 13.8. The number of amides is 2. The summed E-state index contributed by atoms with van der Waals surface area (Å²) >= 11 is 6.11. The van der Waals surface area contributed by atoms with E-state index in [1.807, 2.05) is 75.4 Å². The van der Waals surface area contributed by atoms with Crippen LogP contribution in [-0.4, -0.2) is 50.5 Å². The molecule has 0 aliphatic carbocycles. The Bertz CT molecular complexity index is 1410. The lowest BCUT2D eigenvalue weighted by molar-refractivity contribution is -0.141. The molecule has 3 aromatic carbocycles. The van der Waals surface area contributed by atoms with Crippen LogP contribution in [0.15, 0.2) is 78.9 Å². The quantitative estimate of drug-likeness (QED) is 0.262. The van der Waals surface area contributed by atoms with Gasteiger partial charge in [-0.05, 0) is 54.2 Å². The Hall–Kier alpha value is -3.36. The molecule has 0 spiro atoms. The fraction of sp³-hybridized carbons (Fsp3) is 0.375. The molecule has 0 aliphatic rings. The van der Waals surface area contributed by atoms with Crippen molar-refractivity contribution in [2.45, 2.75) is 52.6 Å². The lowest BCUT2D eigenvalue weighted by atomic mass is 10.0. The summed E-state index contributed by atoms with van der Waals surface area (Å²) in [7, 11) is -3.61. The van der Waals surface area contributed by atoms with E-state index in [9.17, 15) is 18.0 Å². The normalized spacial score (nSPS) is 12.1. The fourth-order valence-corrected chi connectivity index (χ4v) is 5.72. The van der Waals surface area contributed by atoms with Gasteiger partial charge in [-0.2, -0.15) is 0 Å². The molecule has 1 N–H and O–H groups in total. The Labute approximate surface area is 249 Å². The van der Waals surface area contributed by atoms with Crippen molar-refractivity contribution in [1.29, 1.82) is 0 Å². The molecule has 0 saturated carbocycles. The number of nitrogens with one attached hydrogen (secondary N) is 1. The summed E-state index contributed by atoms with van der Waals surface area (Å²) in [6.45, 7) is 6.90. The average Bonchev–Trinajstić information content (AvgIpc) is 2.92. The molecule has 41 heavy (non-hydrogen) atoms. The molecule has 0 fully saturated rings. The summed E-state index contributed by atoms with van der Waals surface area (Å²) in [5, 5.41) is 3.45. The van der Waals surface area contributed by atoms with Gasteiger partial charge in [-0.15, -0.1) is 0 Å². The SMILES string of the molecule is Cc1ccccc1CN(C(=O)CCCN(c1cccc(Cl)c1)S(C)(=O)=O)C(Cc1ccccc1)C(=O)NCC(C)C. The summed E-state index contributed by atoms with van der Waals surface area (Å²) in [5.74, 6) is -0.167. The van der Waals surface area contributed by atoms with Crippen LogP contribution in [0, 0.1) is 12.8 Å². The van der Waals surface area contributed by atoms with E-state index in [2.05, 4.69) is 5.32 Å².